The zero-order valence-electron chi connectivity index (χ0n) is 29.3. The van der Waals surface area contributed by atoms with Gasteiger partial charge in [-0.25, -0.2) is 0 Å². The highest BCUT2D eigenvalue weighted by Crippen LogP contribution is 2.44. The topological polar surface area (TPSA) is 3.24 Å². The maximum atomic E-state index is 2.41. The van der Waals surface area contributed by atoms with Crippen molar-refractivity contribution in [3.05, 3.63) is 224 Å². The monoisotopic (exact) mass is 675 g/mol. The SMILES string of the molecule is c1ccc(-c2ccc(N(c3cccc(-c4ccccc4-c4ccccc4)c3)c3ccccc3-c3cccc(-c4cccc5ccccc45)c3)cc2)cc1. The Morgan fingerprint density at radius 1 is 0.245 bits per heavy atom. The van der Waals surface area contributed by atoms with E-state index in [4.69, 9.17) is 0 Å². The van der Waals surface area contributed by atoms with E-state index in [1.165, 1.54) is 60.8 Å². The van der Waals surface area contributed by atoms with Crippen LogP contribution < -0.4 is 4.90 Å². The van der Waals surface area contributed by atoms with Gasteiger partial charge in [0.05, 0.1) is 5.69 Å². The molecule has 0 unspecified atom stereocenters. The van der Waals surface area contributed by atoms with Crippen LogP contribution >= 0.6 is 0 Å². The Morgan fingerprint density at radius 2 is 0.717 bits per heavy atom. The maximum Gasteiger partial charge on any atom is 0.0540 e. The molecule has 1 heteroatoms. The molecule has 9 aromatic rings. The highest BCUT2D eigenvalue weighted by atomic mass is 15.1. The number of benzene rings is 9. The molecule has 0 aromatic heterocycles. The van der Waals surface area contributed by atoms with Crippen LogP contribution in [0.5, 0.6) is 0 Å². The fourth-order valence-electron chi connectivity index (χ4n) is 7.52. The van der Waals surface area contributed by atoms with E-state index in [0.29, 0.717) is 0 Å². The zero-order chi connectivity index (χ0) is 35.4. The van der Waals surface area contributed by atoms with E-state index in [-0.39, 0.29) is 0 Å². The molecule has 0 aliphatic rings. The van der Waals surface area contributed by atoms with Gasteiger partial charge in [0.1, 0.15) is 0 Å². The van der Waals surface area contributed by atoms with Gasteiger partial charge in [-0.3, -0.25) is 0 Å². The Kier molecular flexibility index (Phi) is 8.66. The molecular weight excluding hydrogens is 639 g/mol. The lowest BCUT2D eigenvalue weighted by Gasteiger charge is -2.29. The van der Waals surface area contributed by atoms with Gasteiger partial charge in [-0.1, -0.05) is 188 Å². The molecule has 0 aliphatic heterocycles. The van der Waals surface area contributed by atoms with Gasteiger partial charge in [0.15, 0.2) is 0 Å². The number of hydrogen-bond donors (Lipinski definition) is 0. The minimum absolute atomic E-state index is 1.09. The minimum Gasteiger partial charge on any atom is -0.310 e. The van der Waals surface area contributed by atoms with E-state index in [1.54, 1.807) is 0 Å². The first-order valence-electron chi connectivity index (χ1n) is 18.2. The third-order valence-corrected chi connectivity index (χ3v) is 10.1. The molecule has 53 heavy (non-hydrogen) atoms. The Bertz CT molecular complexity index is 2650. The van der Waals surface area contributed by atoms with Gasteiger partial charge in [0, 0.05) is 16.9 Å². The van der Waals surface area contributed by atoms with Crippen LogP contribution in [0.2, 0.25) is 0 Å². The molecule has 9 rings (SSSR count). The summed E-state index contributed by atoms with van der Waals surface area (Å²) < 4.78 is 0. The molecule has 0 bridgehead atoms. The van der Waals surface area contributed by atoms with Crippen molar-refractivity contribution < 1.29 is 0 Å². The van der Waals surface area contributed by atoms with Crippen LogP contribution in [-0.4, -0.2) is 0 Å². The van der Waals surface area contributed by atoms with Crippen LogP contribution in [0.15, 0.2) is 224 Å². The highest BCUT2D eigenvalue weighted by molar-refractivity contribution is 5.98. The molecule has 0 N–H and O–H groups in total. The second-order valence-electron chi connectivity index (χ2n) is 13.3. The molecule has 9 aromatic carbocycles. The lowest BCUT2D eigenvalue weighted by molar-refractivity contribution is 1.28. The van der Waals surface area contributed by atoms with E-state index >= 15 is 0 Å². The second-order valence-corrected chi connectivity index (χ2v) is 13.3. The summed E-state index contributed by atoms with van der Waals surface area (Å²) in [5.74, 6) is 0. The van der Waals surface area contributed by atoms with Crippen LogP contribution in [0.1, 0.15) is 0 Å². The maximum absolute atomic E-state index is 2.41. The molecule has 0 spiro atoms. The molecule has 0 atom stereocenters. The van der Waals surface area contributed by atoms with Gasteiger partial charge in [-0.15, -0.1) is 0 Å². The first-order valence-corrected chi connectivity index (χ1v) is 18.2. The zero-order valence-corrected chi connectivity index (χ0v) is 29.3. The van der Waals surface area contributed by atoms with Gasteiger partial charge in [0.2, 0.25) is 0 Å². The van der Waals surface area contributed by atoms with E-state index in [0.717, 1.165) is 22.6 Å². The lowest BCUT2D eigenvalue weighted by atomic mass is 9.93. The predicted molar refractivity (Wildman–Crippen MR) is 226 cm³/mol. The summed E-state index contributed by atoms with van der Waals surface area (Å²) in [6.45, 7) is 0. The summed E-state index contributed by atoms with van der Waals surface area (Å²) in [7, 11) is 0. The lowest BCUT2D eigenvalue weighted by Crippen LogP contribution is -2.11. The van der Waals surface area contributed by atoms with Crippen LogP contribution in [0.3, 0.4) is 0 Å². The Labute approximate surface area is 311 Å². The summed E-state index contributed by atoms with van der Waals surface area (Å²) in [5.41, 5.74) is 15.3. The summed E-state index contributed by atoms with van der Waals surface area (Å²) in [6.07, 6.45) is 0. The molecule has 0 heterocycles. The molecular formula is C52H37N. The molecule has 0 radical (unpaired) electrons. The van der Waals surface area contributed by atoms with Crippen molar-refractivity contribution in [2.45, 2.75) is 0 Å². The first-order chi connectivity index (χ1) is 26.3. The third kappa shape index (κ3) is 6.42. The standard InChI is InChI=1S/C52H37N/c1-3-16-38(17-4-1)39-32-34-45(35-33-39)53(46-25-14-24-44(37-46)49-28-10-9-27-47(49)40-18-5-2-6-19-40)52-31-12-11-29-51(52)43-23-13-22-42(36-43)50-30-15-21-41-20-7-8-26-48(41)50/h1-37H. The van der Waals surface area contributed by atoms with Crippen LogP contribution in [-0.2, 0) is 0 Å². The van der Waals surface area contributed by atoms with E-state index < -0.39 is 0 Å². The Hall–Kier alpha value is -6.96. The van der Waals surface area contributed by atoms with Crippen molar-refractivity contribution in [1.82, 2.24) is 0 Å². The van der Waals surface area contributed by atoms with Crippen molar-refractivity contribution in [2.24, 2.45) is 0 Å². The molecule has 0 amide bonds. The van der Waals surface area contributed by atoms with Crippen molar-refractivity contribution in [2.75, 3.05) is 4.90 Å². The normalized spacial score (nSPS) is 11.0. The highest BCUT2D eigenvalue weighted by Gasteiger charge is 2.19. The van der Waals surface area contributed by atoms with Crippen LogP contribution in [0.25, 0.3) is 66.4 Å². The molecule has 250 valence electrons. The smallest absolute Gasteiger partial charge is 0.0540 e. The van der Waals surface area contributed by atoms with E-state index in [9.17, 15) is 0 Å². The number of para-hydroxylation sites is 1. The Balaban J connectivity index is 1.20. The first kappa shape index (κ1) is 32.0. The number of rotatable bonds is 8. The quantitative estimate of drug-likeness (QED) is 0.155. The number of nitrogens with zero attached hydrogens (tertiary/aromatic N) is 1. The number of fused-ring (bicyclic) bond motifs is 1. The van der Waals surface area contributed by atoms with Crippen molar-refractivity contribution in [3.8, 4) is 55.6 Å². The van der Waals surface area contributed by atoms with Crippen LogP contribution in [0.4, 0.5) is 17.1 Å². The second kappa shape index (κ2) is 14.3. The molecule has 0 fully saturated rings. The van der Waals surface area contributed by atoms with Gasteiger partial charge in [-0.05, 0) is 97.2 Å². The molecule has 0 aliphatic carbocycles. The van der Waals surface area contributed by atoms with Crippen molar-refractivity contribution >= 4 is 27.8 Å². The minimum atomic E-state index is 1.09. The Morgan fingerprint density at radius 3 is 1.47 bits per heavy atom. The third-order valence-electron chi connectivity index (χ3n) is 10.1. The van der Waals surface area contributed by atoms with Gasteiger partial charge in [0.25, 0.3) is 0 Å². The average Bonchev–Trinajstić information content (AvgIpc) is 3.25. The van der Waals surface area contributed by atoms with E-state index in [2.05, 4.69) is 229 Å². The summed E-state index contributed by atoms with van der Waals surface area (Å²) in [4.78, 5) is 2.41. The molecule has 1 nitrogen and oxygen atoms in total. The average molecular weight is 676 g/mol. The fourth-order valence-corrected chi connectivity index (χ4v) is 7.52. The molecule has 0 saturated heterocycles. The van der Waals surface area contributed by atoms with Gasteiger partial charge >= 0.3 is 0 Å². The van der Waals surface area contributed by atoms with E-state index in [1.807, 2.05) is 0 Å². The van der Waals surface area contributed by atoms with Gasteiger partial charge < -0.3 is 4.90 Å². The largest absolute Gasteiger partial charge is 0.310 e. The summed E-state index contributed by atoms with van der Waals surface area (Å²) in [5, 5.41) is 2.50. The number of anilines is 3. The van der Waals surface area contributed by atoms with Gasteiger partial charge in [-0.2, -0.15) is 0 Å². The van der Waals surface area contributed by atoms with Crippen molar-refractivity contribution in [3.63, 3.8) is 0 Å². The van der Waals surface area contributed by atoms with Crippen molar-refractivity contribution in [1.29, 1.82) is 0 Å². The van der Waals surface area contributed by atoms with Crippen LogP contribution in [0, 0.1) is 0 Å². The summed E-state index contributed by atoms with van der Waals surface area (Å²) >= 11 is 0. The predicted octanol–water partition coefficient (Wildman–Crippen LogP) is 14.6. The molecule has 0 saturated carbocycles. The fraction of sp³-hybridized carbons (Fsp3) is 0. The summed E-state index contributed by atoms with van der Waals surface area (Å²) in [6, 6.07) is 80.8. The number of hydrogen-bond acceptors (Lipinski definition) is 1.